The molecule has 0 saturated heterocycles. The molecule has 5 aromatic carbocycles. The number of aromatic hydroxyl groups is 2. The van der Waals surface area contributed by atoms with E-state index in [4.69, 9.17) is 55.7 Å². The molecular weight excluding hydrogens is 1420 g/mol. The Balaban J connectivity index is 0. The first-order valence-electron chi connectivity index (χ1n) is 25.3. The minimum atomic E-state index is -1.35. The number of nitrogens with one attached hydrogen (secondary N) is 4. The summed E-state index contributed by atoms with van der Waals surface area (Å²) in [5.41, 5.74) is 5.56. The summed E-state index contributed by atoms with van der Waals surface area (Å²) in [6, 6.07) is 16.3. The third kappa shape index (κ3) is 36.9. The molecule has 0 heterocycles. The molecule has 13 N–H and O–H groups in total. The van der Waals surface area contributed by atoms with Gasteiger partial charge in [0, 0.05) is 75.9 Å². The molecule has 0 aliphatic rings. The summed E-state index contributed by atoms with van der Waals surface area (Å²) >= 11 is 4.79. The van der Waals surface area contributed by atoms with Gasteiger partial charge in [-0.1, -0.05) is 70.3 Å². The van der Waals surface area contributed by atoms with E-state index in [0.717, 1.165) is 26.2 Å². The van der Waals surface area contributed by atoms with Crippen LogP contribution in [-0.4, -0.2) is 145 Å². The number of aliphatic carboxylic acids is 5. The lowest BCUT2D eigenvalue weighted by Crippen LogP contribution is -2.41. The van der Waals surface area contributed by atoms with Gasteiger partial charge in [0.25, 0.3) is 0 Å². The molecule has 0 saturated carbocycles. The molecule has 89 heavy (non-hydrogen) atoms. The van der Waals surface area contributed by atoms with Crippen LogP contribution in [0.5, 0.6) is 28.7 Å². The highest BCUT2D eigenvalue weighted by Gasteiger charge is 2.21. The third-order valence-electron chi connectivity index (χ3n) is 10.4. The van der Waals surface area contributed by atoms with Crippen molar-refractivity contribution in [3.8, 4) is 28.7 Å². The van der Waals surface area contributed by atoms with Crippen LogP contribution in [0.15, 0.2) is 96.7 Å². The van der Waals surface area contributed by atoms with E-state index in [1.54, 1.807) is 0 Å². The lowest BCUT2D eigenvalue weighted by molar-refractivity contribution is -0.141. The minimum Gasteiger partial charge on any atom is -0.508 e. The van der Waals surface area contributed by atoms with Gasteiger partial charge < -0.3 is 77.0 Å². The number of rotatable bonds is 21. The van der Waals surface area contributed by atoms with Crippen molar-refractivity contribution in [2.24, 2.45) is 5.73 Å². The highest BCUT2D eigenvalue weighted by Crippen LogP contribution is 2.21. The van der Waals surface area contributed by atoms with E-state index in [1.165, 1.54) is 128 Å². The van der Waals surface area contributed by atoms with Crippen LogP contribution >= 0.6 is 45.2 Å². The number of halogens is 7. The Kier molecular flexibility index (Phi) is 41.4. The Bertz CT molecular complexity index is 3170. The van der Waals surface area contributed by atoms with E-state index in [-0.39, 0.29) is 71.0 Å². The Morgan fingerprint density at radius 1 is 0.562 bits per heavy atom. The Hall–Kier alpha value is -8.70. The number of phenolic OH excluding ortho intramolecular Hbond substituents is 2. The molecule has 5 aromatic rings. The zero-order valence-electron chi connectivity index (χ0n) is 48.9. The van der Waals surface area contributed by atoms with Crippen molar-refractivity contribution in [1.29, 1.82) is 0 Å². The molecule has 24 nitrogen and oxygen atoms in total. The largest absolute Gasteiger partial charge is 0.508 e. The number of methoxy groups -OCH3 is 3. The fourth-order valence-electron chi connectivity index (χ4n) is 5.93. The predicted octanol–water partition coefficient (Wildman–Crippen LogP) is 7.04. The van der Waals surface area contributed by atoms with Gasteiger partial charge in [-0.2, -0.15) is 0 Å². The molecule has 0 fully saturated rings. The third-order valence-corrected chi connectivity index (χ3v) is 12.2. The van der Waals surface area contributed by atoms with Crippen molar-refractivity contribution in [3.05, 3.63) is 154 Å². The van der Waals surface area contributed by atoms with E-state index in [9.17, 15) is 65.1 Å². The maximum absolute atomic E-state index is 13.6. The quantitative estimate of drug-likeness (QED) is 0.0115. The zero-order valence-corrected chi connectivity index (χ0v) is 53.2. The number of hydrogen-bond donors (Lipinski definition) is 12. The fourth-order valence-corrected chi connectivity index (χ4v) is 5.93. The number of carboxylic acids is 5. The van der Waals surface area contributed by atoms with Gasteiger partial charge in [0.1, 0.15) is 88.2 Å². The van der Waals surface area contributed by atoms with Crippen molar-refractivity contribution in [3.63, 3.8) is 0 Å². The van der Waals surface area contributed by atoms with E-state index in [0.29, 0.717) is 23.5 Å². The lowest BCUT2D eigenvalue weighted by Gasteiger charge is -2.14. The molecule has 3 atom stereocenters. The second-order valence-electron chi connectivity index (χ2n) is 17.4. The summed E-state index contributed by atoms with van der Waals surface area (Å²) in [6.07, 6.45) is 2.61. The summed E-state index contributed by atoms with van der Waals surface area (Å²) in [6.45, 7) is 5.53. The molecule has 0 aliphatic heterocycles. The summed E-state index contributed by atoms with van der Waals surface area (Å²) in [7, 11) is 5.74. The van der Waals surface area contributed by atoms with Crippen LogP contribution in [0.25, 0.3) is 6.08 Å². The topological polar surface area (TPSA) is 397 Å². The molecule has 0 aromatic heterocycles. The van der Waals surface area contributed by atoms with Crippen LogP contribution in [0.4, 0.5) is 22.0 Å². The number of likely N-dealkylation sites (N-methyl/N-ethyl adjacent to an activating group) is 1. The van der Waals surface area contributed by atoms with Gasteiger partial charge in [0.05, 0.1) is 28.8 Å². The average molecular weight is 1490 g/mol. The number of benzene rings is 5. The molecular formula is C58H68F5I2N5O19. The molecule has 31 heteroatoms. The van der Waals surface area contributed by atoms with Gasteiger partial charge in [-0.25, -0.2) is 31.5 Å². The van der Waals surface area contributed by atoms with Gasteiger partial charge in [-0.05, 0) is 78.7 Å². The molecule has 0 bridgehead atoms. The van der Waals surface area contributed by atoms with Gasteiger partial charge >= 0.3 is 29.8 Å². The standard InChI is InChI=1S/C12H14FNO4.C12H12FNO4.C10H12FNO3.C9H10FNO3.C8H7FO2.C4H7NO3.C3H6I2/c2*1-7(15)14-11(12(16)17)5-8-3-4-9(18-2)6-10(8)13;1-12-9(10(14)15)4-6-2-3-7(13)5-8(6)11;10-7-4-6(12)2-1-5(7)3-8(11)9(13)14;1-11-7-3-2-6(5-10)8(9)4-7;1-3(6)5-2-4(7)8;1-2-3(4)5/h3-4,6,11H,5H2,1-2H3,(H,14,15)(H,16,17);3-6H,1-2H3,(H,14,15)(H,16,17);2-3,5,9,12-13H,4H2,1H3,(H,14,15);1-2,4,8,12H,3,11H2,(H,13,14);2-5H,1H3;2H2,1H3,(H,5,6)(H,7,8);3H,2H2,1H3/b;11-5-;;;;;. The number of carbonyl (C=O) groups is 9. The van der Waals surface area contributed by atoms with E-state index >= 15 is 0 Å². The number of phenols is 2. The summed E-state index contributed by atoms with van der Waals surface area (Å²) in [5, 5.41) is 69.8. The second kappa shape index (κ2) is 44.7. The first kappa shape index (κ1) is 82.4. The number of carboxylic acid groups (broad SMARTS) is 5. The van der Waals surface area contributed by atoms with Crippen LogP contribution < -0.4 is 41.2 Å². The monoisotopic (exact) mass is 1490 g/mol. The number of amides is 3. The Morgan fingerprint density at radius 2 is 0.955 bits per heavy atom. The van der Waals surface area contributed by atoms with E-state index in [2.05, 4.69) is 73.4 Å². The zero-order chi connectivity index (χ0) is 68.7. The molecule has 0 radical (unpaired) electrons. The van der Waals surface area contributed by atoms with Crippen LogP contribution in [-0.2, 0) is 57.6 Å². The van der Waals surface area contributed by atoms with Crippen molar-refractivity contribution >= 4 is 105 Å². The predicted molar refractivity (Wildman–Crippen MR) is 331 cm³/mol. The number of hydrogen-bond acceptors (Lipinski definition) is 16. The number of ether oxygens (including phenoxy) is 3. The molecule has 3 unspecified atom stereocenters. The number of aldehydes is 1. The Labute approximate surface area is 534 Å². The maximum Gasteiger partial charge on any atom is 0.352 e. The van der Waals surface area contributed by atoms with Crippen LogP contribution in [0, 0.1) is 29.1 Å². The maximum atomic E-state index is 13.6. The SMILES string of the molecule is CC(=O)NCC(=O)O.CCC(I)I.CNC(Cc1ccc(O)cc1F)C(=O)O.COc1ccc(/C=C(\NC(C)=O)C(=O)O)c(F)c1.COc1ccc(C=O)c(F)c1.COc1ccc(CC(NC(C)=O)C(=O)O)c(F)c1.NC(Cc1ccc(O)cc1F)C(=O)O. The fraction of sp³-hybridized carbons (Fsp3) is 0.293. The molecule has 0 aliphatic carbocycles. The number of carbonyl (C=O) groups excluding carboxylic acids is 4. The second-order valence-corrected chi connectivity index (χ2v) is 22.8. The minimum absolute atomic E-state index is 0.0396. The smallest absolute Gasteiger partial charge is 0.352 e. The van der Waals surface area contributed by atoms with Crippen molar-refractivity contribution in [2.45, 2.75) is 73.4 Å². The van der Waals surface area contributed by atoms with Crippen molar-refractivity contribution < 1.29 is 115 Å². The van der Waals surface area contributed by atoms with Gasteiger partial charge in [-0.3, -0.25) is 33.6 Å². The summed E-state index contributed by atoms with van der Waals surface area (Å²) in [5.74, 6) is -9.45. The normalized spacial score (nSPS) is 11.0. The molecule has 3 amide bonds. The van der Waals surface area contributed by atoms with E-state index in [1.807, 2.05) is 0 Å². The Morgan fingerprint density at radius 3 is 1.26 bits per heavy atom. The first-order valence-corrected chi connectivity index (χ1v) is 27.8. The van der Waals surface area contributed by atoms with Crippen molar-refractivity contribution in [2.75, 3.05) is 34.9 Å². The molecule has 5 rings (SSSR count). The van der Waals surface area contributed by atoms with Crippen LogP contribution in [0.3, 0.4) is 0 Å². The highest BCUT2D eigenvalue weighted by atomic mass is 127. The summed E-state index contributed by atoms with van der Waals surface area (Å²) in [4.78, 5) is 94.3. The van der Waals surface area contributed by atoms with Crippen LogP contribution in [0.1, 0.15) is 66.7 Å². The molecule has 0 spiro atoms. The summed E-state index contributed by atoms with van der Waals surface area (Å²) < 4.78 is 81.4. The highest BCUT2D eigenvalue weighted by molar-refractivity contribution is 14.2. The number of alkyl halides is 2. The van der Waals surface area contributed by atoms with Gasteiger partial charge in [0.15, 0.2) is 6.29 Å². The first-order chi connectivity index (χ1) is 41.6. The van der Waals surface area contributed by atoms with Crippen LogP contribution in [0.2, 0.25) is 0 Å². The van der Waals surface area contributed by atoms with Crippen molar-refractivity contribution in [1.82, 2.24) is 21.3 Å². The number of nitrogens with two attached hydrogens (primary N) is 1. The van der Waals surface area contributed by atoms with Gasteiger partial charge in [-0.15, -0.1) is 0 Å². The average Bonchev–Trinajstić information content (AvgIpc) is 3.47. The lowest BCUT2D eigenvalue weighted by atomic mass is 10.1. The molecule has 488 valence electrons. The van der Waals surface area contributed by atoms with Gasteiger partial charge in [0.2, 0.25) is 17.7 Å². The van der Waals surface area contributed by atoms with E-state index < -0.39 is 94.6 Å².